The van der Waals surface area contributed by atoms with E-state index < -0.39 is 13.5 Å². The van der Waals surface area contributed by atoms with Crippen LogP contribution >= 0.6 is 7.37 Å². The topological polar surface area (TPSA) is 66.8 Å². The van der Waals surface area contributed by atoms with Crippen molar-refractivity contribution in [2.24, 2.45) is 11.8 Å². The van der Waals surface area contributed by atoms with Crippen LogP contribution in [0.5, 0.6) is 0 Å². The van der Waals surface area contributed by atoms with E-state index in [2.05, 4.69) is 13.8 Å². The molecule has 0 aromatic heterocycles. The minimum absolute atomic E-state index is 0.166. The minimum atomic E-state index is -3.51. The van der Waals surface area contributed by atoms with Crippen LogP contribution in [0.2, 0.25) is 0 Å². The van der Waals surface area contributed by atoms with E-state index >= 15 is 0 Å². The second kappa shape index (κ2) is 9.32. The number of nitrogens with zero attached hydrogens (tertiary/aromatic N) is 1. The van der Waals surface area contributed by atoms with Gasteiger partial charge in [0, 0.05) is 6.54 Å². The lowest BCUT2D eigenvalue weighted by Crippen LogP contribution is -2.34. The van der Waals surface area contributed by atoms with Crippen molar-refractivity contribution in [2.75, 3.05) is 6.54 Å². The van der Waals surface area contributed by atoms with Crippen molar-refractivity contribution in [3.63, 3.8) is 0 Å². The van der Waals surface area contributed by atoms with Gasteiger partial charge in [0.15, 0.2) is 0 Å². The standard InChI is InChI=1S/C23H28NO4P/c1-18(2)16-19-10-9-15-22(24(17-19)23(25)26)28-29(27,20-11-5-3-6-12-20)21-13-7-4-8-14-21/h3-8,11-15,18-19H,9-10,16-17H2,1-2H3,(H,25,26). The minimum Gasteiger partial charge on any atom is -0.465 e. The fraction of sp³-hybridized carbons (Fsp3) is 0.348. The van der Waals surface area contributed by atoms with Crippen molar-refractivity contribution in [1.82, 2.24) is 4.90 Å². The summed E-state index contributed by atoms with van der Waals surface area (Å²) in [5.74, 6) is 0.897. The van der Waals surface area contributed by atoms with Crippen LogP contribution in [0.3, 0.4) is 0 Å². The molecule has 5 nitrogen and oxygen atoms in total. The summed E-state index contributed by atoms with van der Waals surface area (Å²) in [6.07, 6.45) is 3.21. The van der Waals surface area contributed by atoms with E-state index in [-0.39, 0.29) is 11.8 Å². The molecule has 0 bridgehead atoms. The van der Waals surface area contributed by atoms with Crippen LogP contribution in [0.4, 0.5) is 4.79 Å². The number of hydrogen-bond donors (Lipinski definition) is 1. The van der Waals surface area contributed by atoms with Crippen LogP contribution in [0.1, 0.15) is 33.1 Å². The van der Waals surface area contributed by atoms with Gasteiger partial charge in [-0.15, -0.1) is 0 Å². The van der Waals surface area contributed by atoms with Gasteiger partial charge in [-0.1, -0.05) is 50.2 Å². The largest absolute Gasteiger partial charge is 0.465 e. The Kier molecular flexibility index (Phi) is 6.81. The van der Waals surface area contributed by atoms with E-state index in [1.54, 1.807) is 30.3 Å². The van der Waals surface area contributed by atoms with Gasteiger partial charge < -0.3 is 9.63 Å². The smallest absolute Gasteiger partial charge is 0.414 e. The van der Waals surface area contributed by atoms with Crippen LogP contribution in [0, 0.1) is 11.8 Å². The number of allylic oxidation sites excluding steroid dienone is 1. The summed E-state index contributed by atoms with van der Waals surface area (Å²) < 4.78 is 20.3. The highest BCUT2D eigenvalue weighted by Gasteiger charge is 2.35. The lowest BCUT2D eigenvalue weighted by molar-refractivity contribution is 0.129. The van der Waals surface area contributed by atoms with Gasteiger partial charge in [0.25, 0.3) is 0 Å². The van der Waals surface area contributed by atoms with Crippen molar-refractivity contribution in [1.29, 1.82) is 0 Å². The molecule has 0 fully saturated rings. The molecule has 0 aliphatic carbocycles. The molecular formula is C23H28NO4P. The van der Waals surface area contributed by atoms with E-state index in [4.69, 9.17) is 4.52 Å². The molecule has 1 amide bonds. The Morgan fingerprint density at radius 3 is 2.14 bits per heavy atom. The SMILES string of the molecule is CC(C)CC1CCC=C(OP(=O)(c2ccccc2)c2ccccc2)N(C(=O)O)C1. The number of hydrogen-bond acceptors (Lipinski definition) is 3. The summed E-state index contributed by atoms with van der Waals surface area (Å²) in [4.78, 5) is 13.2. The van der Waals surface area contributed by atoms with E-state index in [0.717, 1.165) is 12.8 Å². The van der Waals surface area contributed by atoms with Gasteiger partial charge in [-0.05, 0) is 61.4 Å². The maximum atomic E-state index is 14.1. The monoisotopic (exact) mass is 413 g/mol. The molecule has 0 spiro atoms. The third-order valence-electron chi connectivity index (χ3n) is 5.05. The van der Waals surface area contributed by atoms with Crippen LogP contribution in [-0.2, 0) is 9.09 Å². The molecular weight excluding hydrogens is 385 g/mol. The third kappa shape index (κ3) is 5.10. The number of benzene rings is 2. The number of rotatable bonds is 6. The average molecular weight is 413 g/mol. The number of carboxylic acid groups (broad SMARTS) is 1. The Hall–Kier alpha value is -2.52. The molecule has 0 saturated heterocycles. The highest BCUT2D eigenvalue weighted by molar-refractivity contribution is 7.74. The highest BCUT2D eigenvalue weighted by atomic mass is 31.2. The van der Waals surface area contributed by atoms with Crippen molar-refractivity contribution in [3.05, 3.63) is 72.6 Å². The Morgan fingerprint density at radius 1 is 1.10 bits per heavy atom. The Morgan fingerprint density at radius 2 is 1.66 bits per heavy atom. The van der Waals surface area contributed by atoms with Crippen LogP contribution < -0.4 is 10.6 Å². The van der Waals surface area contributed by atoms with Crippen molar-refractivity contribution in [3.8, 4) is 0 Å². The molecule has 1 N–H and O–H groups in total. The molecule has 2 aromatic rings. The normalized spacial score (nSPS) is 17.6. The zero-order chi connectivity index (χ0) is 20.9. The Labute approximate surface area is 172 Å². The molecule has 29 heavy (non-hydrogen) atoms. The van der Waals surface area contributed by atoms with Crippen molar-refractivity contribution < 1.29 is 19.0 Å². The summed E-state index contributed by atoms with van der Waals surface area (Å²) in [5.41, 5.74) is 0. The van der Waals surface area contributed by atoms with Gasteiger partial charge in [-0.2, -0.15) is 0 Å². The van der Waals surface area contributed by atoms with Crippen molar-refractivity contribution >= 4 is 24.1 Å². The van der Waals surface area contributed by atoms with Gasteiger partial charge in [0.05, 0.1) is 10.6 Å². The first-order valence-corrected chi connectivity index (χ1v) is 11.6. The van der Waals surface area contributed by atoms with Gasteiger partial charge in [-0.25, -0.2) is 9.69 Å². The predicted octanol–water partition coefficient (Wildman–Crippen LogP) is 5.21. The van der Waals surface area contributed by atoms with Gasteiger partial charge in [0.2, 0.25) is 5.88 Å². The van der Waals surface area contributed by atoms with E-state index in [1.165, 1.54) is 4.90 Å². The zero-order valence-corrected chi connectivity index (χ0v) is 17.8. The predicted molar refractivity (Wildman–Crippen MR) is 116 cm³/mol. The molecule has 1 heterocycles. The lowest BCUT2D eigenvalue weighted by atomic mass is 9.93. The first-order valence-electron chi connectivity index (χ1n) is 10.0. The molecule has 6 heteroatoms. The number of amides is 1. The van der Waals surface area contributed by atoms with Crippen LogP contribution in [0.15, 0.2) is 72.6 Å². The van der Waals surface area contributed by atoms with Crippen LogP contribution in [0.25, 0.3) is 0 Å². The van der Waals surface area contributed by atoms with Crippen LogP contribution in [-0.4, -0.2) is 22.6 Å². The zero-order valence-electron chi connectivity index (χ0n) is 16.9. The molecule has 1 aliphatic rings. The van der Waals surface area contributed by atoms with Gasteiger partial charge in [0.1, 0.15) is 0 Å². The quantitative estimate of drug-likeness (QED) is 0.660. The van der Waals surface area contributed by atoms with E-state index in [9.17, 15) is 14.5 Å². The summed E-state index contributed by atoms with van der Waals surface area (Å²) in [5, 5.41) is 10.9. The summed E-state index contributed by atoms with van der Waals surface area (Å²) >= 11 is 0. The third-order valence-corrected chi connectivity index (χ3v) is 7.45. The fourth-order valence-electron chi connectivity index (χ4n) is 3.74. The number of carbonyl (C=O) groups is 1. The average Bonchev–Trinajstić information content (AvgIpc) is 2.91. The molecule has 0 saturated carbocycles. The lowest BCUT2D eigenvalue weighted by Gasteiger charge is -2.28. The molecule has 154 valence electrons. The Balaban J connectivity index is 1.97. The molecule has 2 aromatic carbocycles. The summed E-state index contributed by atoms with van der Waals surface area (Å²) in [7, 11) is -3.51. The molecule has 0 radical (unpaired) electrons. The highest BCUT2D eigenvalue weighted by Crippen LogP contribution is 2.48. The summed E-state index contributed by atoms with van der Waals surface area (Å²) in [6, 6.07) is 18.0. The van der Waals surface area contributed by atoms with E-state index in [1.807, 2.05) is 36.4 Å². The fourth-order valence-corrected chi connectivity index (χ4v) is 5.82. The van der Waals surface area contributed by atoms with E-state index in [0.29, 0.717) is 29.5 Å². The second-order valence-corrected chi connectivity index (χ2v) is 10.1. The van der Waals surface area contributed by atoms with Crippen molar-refractivity contribution in [2.45, 2.75) is 33.1 Å². The maximum Gasteiger partial charge on any atom is 0.414 e. The van der Waals surface area contributed by atoms with Gasteiger partial charge in [-0.3, -0.25) is 4.57 Å². The molecule has 1 atom stereocenters. The Bertz CT molecular complexity index is 852. The van der Waals surface area contributed by atoms with Gasteiger partial charge >= 0.3 is 13.5 Å². The first kappa shape index (κ1) is 21.2. The molecule has 1 aliphatic heterocycles. The maximum absolute atomic E-state index is 14.1. The summed E-state index contributed by atoms with van der Waals surface area (Å²) in [6.45, 7) is 4.63. The first-order chi connectivity index (χ1) is 13.9. The molecule has 1 unspecified atom stereocenters. The molecule has 3 rings (SSSR count). The second-order valence-electron chi connectivity index (χ2n) is 7.82.